The molecule has 0 aliphatic heterocycles. The van der Waals surface area contributed by atoms with Gasteiger partial charge in [0.2, 0.25) is 5.91 Å². The average molecular weight is 258 g/mol. The fourth-order valence-electron chi connectivity index (χ4n) is 2.22. The molecule has 1 rings (SSSR count). The molecule has 100 valence electrons. The third kappa shape index (κ3) is 5.77. The van der Waals surface area contributed by atoms with Crippen molar-refractivity contribution in [3.8, 4) is 0 Å². The molecule has 0 heterocycles. The molecule has 1 fully saturated rings. The lowest BCUT2D eigenvalue weighted by atomic mass is 9.95. The van der Waals surface area contributed by atoms with E-state index in [0.29, 0.717) is 23.8 Å². The third-order valence-electron chi connectivity index (χ3n) is 3.24. The van der Waals surface area contributed by atoms with Crippen molar-refractivity contribution in [1.29, 1.82) is 0 Å². The van der Waals surface area contributed by atoms with E-state index in [-0.39, 0.29) is 5.91 Å². The lowest BCUT2D eigenvalue weighted by molar-refractivity contribution is -0.120. The Morgan fingerprint density at radius 2 is 2.06 bits per heavy atom. The number of thioether (sulfide) groups is 1. The van der Waals surface area contributed by atoms with E-state index in [2.05, 4.69) is 30.7 Å². The smallest absolute Gasteiger partial charge is 0.233 e. The summed E-state index contributed by atoms with van der Waals surface area (Å²) in [5.41, 5.74) is 0. The van der Waals surface area contributed by atoms with Gasteiger partial charge in [0.25, 0.3) is 0 Å². The second-order valence-corrected chi connectivity index (χ2v) is 6.32. The highest BCUT2D eigenvalue weighted by atomic mass is 32.2. The van der Waals surface area contributed by atoms with Crippen LogP contribution >= 0.6 is 11.8 Å². The van der Waals surface area contributed by atoms with Crippen molar-refractivity contribution in [2.75, 3.05) is 19.3 Å². The standard InChI is InChI=1S/C13H26N2OS/c1-10(2)8-15-13(16)9-14-11-6-4-5-7-12(11)17-3/h10-12,14H,4-9H2,1-3H3,(H,15,16). The summed E-state index contributed by atoms with van der Waals surface area (Å²) in [6, 6.07) is 0.517. The van der Waals surface area contributed by atoms with Crippen LogP contribution < -0.4 is 10.6 Å². The van der Waals surface area contributed by atoms with Gasteiger partial charge >= 0.3 is 0 Å². The van der Waals surface area contributed by atoms with Crippen LogP contribution in [0.4, 0.5) is 0 Å². The SMILES string of the molecule is CSC1CCCCC1NCC(=O)NCC(C)C. The summed E-state index contributed by atoms with van der Waals surface area (Å²) in [4.78, 5) is 11.6. The molecular formula is C13H26N2OS. The zero-order chi connectivity index (χ0) is 12.7. The van der Waals surface area contributed by atoms with Crippen molar-refractivity contribution < 1.29 is 4.79 Å². The Kier molecular flexibility index (Phi) is 6.97. The third-order valence-corrected chi connectivity index (χ3v) is 4.41. The summed E-state index contributed by atoms with van der Waals surface area (Å²) in [6.45, 7) is 5.46. The topological polar surface area (TPSA) is 41.1 Å². The number of carbonyl (C=O) groups excluding carboxylic acids is 1. The lowest BCUT2D eigenvalue weighted by Gasteiger charge is -2.30. The van der Waals surface area contributed by atoms with Gasteiger partial charge in [0.15, 0.2) is 0 Å². The van der Waals surface area contributed by atoms with Crippen molar-refractivity contribution in [3.63, 3.8) is 0 Å². The van der Waals surface area contributed by atoms with E-state index in [0.717, 1.165) is 6.54 Å². The van der Waals surface area contributed by atoms with Crippen molar-refractivity contribution in [1.82, 2.24) is 10.6 Å². The van der Waals surface area contributed by atoms with Crippen LogP contribution in [0.1, 0.15) is 39.5 Å². The Morgan fingerprint density at radius 3 is 2.71 bits per heavy atom. The molecule has 0 aromatic carbocycles. The van der Waals surface area contributed by atoms with E-state index in [1.165, 1.54) is 25.7 Å². The molecule has 0 saturated heterocycles. The van der Waals surface area contributed by atoms with Crippen LogP contribution in [0.15, 0.2) is 0 Å². The molecule has 2 unspecified atom stereocenters. The van der Waals surface area contributed by atoms with Gasteiger partial charge in [-0.1, -0.05) is 26.7 Å². The Hall–Kier alpha value is -0.220. The monoisotopic (exact) mass is 258 g/mol. The normalized spacial score (nSPS) is 24.9. The molecule has 1 aliphatic rings. The Balaban J connectivity index is 2.21. The largest absolute Gasteiger partial charge is 0.355 e. The summed E-state index contributed by atoms with van der Waals surface area (Å²) in [6.07, 6.45) is 7.30. The molecule has 17 heavy (non-hydrogen) atoms. The Morgan fingerprint density at radius 1 is 1.35 bits per heavy atom. The number of hydrogen-bond donors (Lipinski definition) is 2. The van der Waals surface area contributed by atoms with E-state index < -0.39 is 0 Å². The van der Waals surface area contributed by atoms with Crippen LogP contribution in [-0.4, -0.2) is 36.5 Å². The fraction of sp³-hybridized carbons (Fsp3) is 0.923. The number of nitrogens with one attached hydrogen (secondary N) is 2. The van der Waals surface area contributed by atoms with Crippen LogP contribution in [0.3, 0.4) is 0 Å². The van der Waals surface area contributed by atoms with Crippen molar-refractivity contribution in [3.05, 3.63) is 0 Å². The molecule has 1 aliphatic carbocycles. The summed E-state index contributed by atoms with van der Waals surface area (Å²) < 4.78 is 0. The van der Waals surface area contributed by atoms with Crippen molar-refractivity contribution >= 4 is 17.7 Å². The van der Waals surface area contributed by atoms with Crippen molar-refractivity contribution in [2.24, 2.45) is 5.92 Å². The predicted octanol–water partition coefficient (Wildman–Crippen LogP) is 2.02. The highest BCUT2D eigenvalue weighted by Gasteiger charge is 2.24. The van der Waals surface area contributed by atoms with Gasteiger partial charge < -0.3 is 10.6 Å². The maximum Gasteiger partial charge on any atom is 0.233 e. The fourth-order valence-corrected chi connectivity index (χ4v) is 3.18. The first-order chi connectivity index (χ1) is 8.13. The molecule has 4 heteroatoms. The number of amides is 1. The molecule has 3 nitrogen and oxygen atoms in total. The maximum absolute atomic E-state index is 11.6. The second kappa shape index (κ2) is 7.98. The molecule has 1 amide bonds. The zero-order valence-electron chi connectivity index (χ0n) is 11.3. The first-order valence-electron chi connectivity index (χ1n) is 6.66. The van der Waals surface area contributed by atoms with Gasteiger partial charge in [0.05, 0.1) is 6.54 Å². The van der Waals surface area contributed by atoms with Gasteiger partial charge in [0, 0.05) is 17.8 Å². The second-order valence-electron chi connectivity index (χ2n) is 5.24. The van der Waals surface area contributed by atoms with Gasteiger partial charge in [-0.05, 0) is 25.0 Å². The minimum atomic E-state index is 0.129. The molecule has 1 saturated carbocycles. The van der Waals surface area contributed by atoms with Crippen LogP contribution in [0, 0.1) is 5.92 Å². The Bertz CT molecular complexity index is 233. The molecular weight excluding hydrogens is 232 g/mol. The minimum Gasteiger partial charge on any atom is -0.355 e. The first kappa shape index (κ1) is 14.8. The quantitative estimate of drug-likeness (QED) is 0.766. The average Bonchev–Trinajstić information content (AvgIpc) is 2.34. The highest BCUT2D eigenvalue weighted by Crippen LogP contribution is 2.26. The van der Waals surface area contributed by atoms with Crippen LogP contribution in [0.25, 0.3) is 0 Å². The van der Waals surface area contributed by atoms with E-state index in [9.17, 15) is 4.79 Å². The van der Waals surface area contributed by atoms with Gasteiger partial charge in [-0.25, -0.2) is 0 Å². The number of carbonyl (C=O) groups is 1. The van der Waals surface area contributed by atoms with E-state index >= 15 is 0 Å². The summed E-state index contributed by atoms with van der Waals surface area (Å²) in [5.74, 6) is 0.650. The molecule has 0 aromatic heterocycles. The maximum atomic E-state index is 11.6. The number of rotatable bonds is 6. The summed E-state index contributed by atoms with van der Waals surface area (Å²) in [7, 11) is 0. The minimum absolute atomic E-state index is 0.129. The summed E-state index contributed by atoms with van der Waals surface area (Å²) in [5, 5.41) is 7.04. The van der Waals surface area contributed by atoms with E-state index in [1.807, 2.05) is 11.8 Å². The summed E-state index contributed by atoms with van der Waals surface area (Å²) >= 11 is 1.93. The molecule has 0 bridgehead atoms. The van der Waals surface area contributed by atoms with Crippen LogP contribution in [0.2, 0.25) is 0 Å². The highest BCUT2D eigenvalue weighted by molar-refractivity contribution is 7.99. The molecule has 0 spiro atoms. The van der Waals surface area contributed by atoms with Crippen molar-refractivity contribution in [2.45, 2.75) is 50.8 Å². The van der Waals surface area contributed by atoms with Crippen LogP contribution in [0.5, 0.6) is 0 Å². The zero-order valence-corrected chi connectivity index (χ0v) is 12.1. The Labute approximate surface area is 109 Å². The van der Waals surface area contributed by atoms with Gasteiger partial charge in [-0.3, -0.25) is 4.79 Å². The molecule has 2 atom stereocenters. The first-order valence-corrected chi connectivity index (χ1v) is 7.95. The molecule has 2 N–H and O–H groups in total. The van der Waals surface area contributed by atoms with E-state index in [4.69, 9.17) is 0 Å². The van der Waals surface area contributed by atoms with Gasteiger partial charge in [0.1, 0.15) is 0 Å². The number of hydrogen-bond acceptors (Lipinski definition) is 3. The van der Waals surface area contributed by atoms with Crippen LogP contribution in [-0.2, 0) is 4.79 Å². The molecule has 0 aromatic rings. The molecule has 0 radical (unpaired) electrons. The van der Waals surface area contributed by atoms with E-state index in [1.54, 1.807) is 0 Å². The predicted molar refractivity (Wildman–Crippen MR) is 75.4 cm³/mol. The van der Waals surface area contributed by atoms with Gasteiger partial charge in [-0.15, -0.1) is 0 Å². The van der Waals surface area contributed by atoms with Gasteiger partial charge in [-0.2, -0.15) is 11.8 Å². The lowest BCUT2D eigenvalue weighted by Crippen LogP contribution is -2.45.